The Hall–Kier alpha value is -1.02. The van der Waals surface area contributed by atoms with Gasteiger partial charge in [-0.3, -0.25) is 0 Å². The van der Waals surface area contributed by atoms with Crippen LogP contribution in [0.4, 0.5) is 5.69 Å². The van der Waals surface area contributed by atoms with Crippen molar-refractivity contribution >= 4 is 5.69 Å². The van der Waals surface area contributed by atoms with Crippen molar-refractivity contribution in [2.24, 2.45) is 11.8 Å². The van der Waals surface area contributed by atoms with E-state index in [0.29, 0.717) is 0 Å². The zero-order chi connectivity index (χ0) is 13.0. The lowest BCUT2D eigenvalue weighted by Gasteiger charge is -2.35. The van der Waals surface area contributed by atoms with Crippen molar-refractivity contribution in [3.05, 3.63) is 29.8 Å². The second kappa shape index (κ2) is 6.24. The third kappa shape index (κ3) is 3.05. The molecule has 2 rings (SSSR count). The number of hydrogen-bond donors (Lipinski definition) is 1. The van der Waals surface area contributed by atoms with Crippen molar-refractivity contribution in [2.45, 2.75) is 26.7 Å². The monoisotopic (exact) mass is 246 g/mol. The van der Waals surface area contributed by atoms with Crippen molar-refractivity contribution < 1.29 is 0 Å². The molecule has 0 saturated heterocycles. The SMILES string of the molecule is CNCC(CN1CCCc2ccccc21)C(C)C. The van der Waals surface area contributed by atoms with Gasteiger partial charge >= 0.3 is 0 Å². The number of aryl methyl sites for hydroxylation is 1. The molecule has 0 aromatic heterocycles. The predicted molar refractivity (Wildman–Crippen MR) is 79.2 cm³/mol. The van der Waals surface area contributed by atoms with Crippen molar-refractivity contribution in [3.8, 4) is 0 Å². The highest BCUT2D eigenvalue weighted by Gasteiger charge is 2.21. The van der Waals surface area contributed by atoms with E-state index in [9.17, 15) is 0 Å². The molecule has 100 valence electrons. The number of fused-ring (bicyclic) bond motifs is 1. The van der Waals surface area contributed by atoms with E-state index in [1.807, 2.05) is 0 Å². The zero-order valence-corrected chi connectivity index (χ0v) is 11.9. The van der Waals surface area contributed by atoms with Crippen molar-refractivity contribution in [3.63, 3.8) is 0 Å². The van der Waals surface area contributed by atoms with Crippen LogP contribution in [-0.4, -0.2) is 26.7 Å². The molecule has 0 spiro atoms. The minimum absolute atomic E-state index is 0.723. The van der Waals surface area contributed by atoms with Gasteiger partial charge in [0.05, 0.1) is 0 Å². The van der Waals surface area contributed by atoms with Gasteiger partial charge in [0, 0.05) is 18.8 Å². The number of rotatable bonds is 5. The third-order valence-electron chi connectivity index (χ3n) is 4.07. The van der Waals surface area contributed by atoms with Gasteiger partial charge in [-0.2, -0.15) is 0 Å². The average Bonchev–Trinajstić information content (AvgIpc) is 2.38. The van der Waals surface area contributed by atoms with E-state index in [1.54, 1.807) is 0 Å². The number of nitrogens with zero attached hydrogens (tertiary/aromatic N) is 1. The minimum atomic E-state index is 0.723. The summed E-state index contributed by atoms with van der Waals surface area (Å²) < 4.78 is 0. The molecule has 1 aliphatic rings. The molecule has 1 atom stereocenters. The number of hydrogen-bond acceptors (Lipinski definition) is 2. The molecule has 1 aliphatic heterocycles. The van der Waals surface area contributed by atoms with E-state index in [-0.39, 0.29) is 0 Å². The lowest BCUT2D eigenvalue weighted by atomic mass is 9.93. The van der Waals surface area contributed by atoms with E-state index in [4.69, 9.17) is 0 Å². The number of nitrogens with one attached hydrogen (secondary N) is 1. The molecule has 2 heteroatoms. The first-order valence-corrected chi connectivity index (χ1v) is 7.20. The number of benzene rings is 1. The van der Waals surface area contributed by atoms with Gasteiger partial charge in [0.25, 0.3) is 0 Å². The molecule has 0 radical (unpaired) electrons. The molecule has 0 amide bonds. The topological polar surface area (TPSA) is 15.3 Å². The molecule has 0 saturated carbocycles. The third-order valence-corrected chi connectivity index (χ3v) is 4.07. The van der Waals surface area contributed by atoms with Crippen molar-refractivity contribution in [1.82, 2.24) is 5.32 Å². The van der Waals surface area contributed by atoms with Gasteiger partial charge in [-0.1, -0.05) is 32.0 Å². The number of para-hydroxylation sites is 1. The standard InChI is InChI=1S/C16H26N2/c1-13(2)15(11-17-3)12-18-10-6-8-14-7-4-5-9-16(14)18/h4-5,7,9,13,15,17H,6,8,10-12H2,1-3H3. The summed E-state index contributed by atoms with van der Waals surface area (Å²) >= 11 is 0. The summed E-state index contributed by atoms with van der Waals surface area (Å²) in [5, 5.41) is 3.34. The summed E-state index contributed by atoms with van der Waals surface area (Å²) in [6.45, 7) is 8.16. The molecule has 18 heavy (non-hydrogen) atoms. The molecule has 1 aromatic carbocycles. The van der Waals surface area contributed by atoms with Gasteiger partial charge in [-0.15, -0.1) is 0 Å². The highest BCUT2D eigenvalue weighted by molar-refractivity contribution is 5.55. The molecule has 0 fully saturated rings. The van der Waals surface area contributed by atoms with E-state index in [0.717, 1.165) is 18.4 Å². The Balaban J connectivity index is 2.10. The Morgan fingerprint density at radius 2 is 2.06 bits per heavy atom. The van der Waals surface area contributed by atoms with Gasteiger partial charge in [0.1, 0.15) is 0 Å². The molecular formula is C16H26N2. The Morgan fingerprint density at radius 1 is 1.28 bits per heavy atom. The van der Waals surface area contributed by atoms with Gasteiger partial charge in [-0.25, -0.2) is 0 Å². The Bertz CT molecular complexity index is 373. The first-order valence-electron chi connectivity index (χ1n) is 7.20. The molecule has 0 bridgehead atoms. The van der Waals surface area contributed by atoms with Gasteiger partial charge in [-0.05, 0) is 49.9 Å². The van der Waals surface area contributed by atoms with Crippen LogP contribution >= 0.6 is 0 Å². The fourth-order valence-electron chi connectivity index (χ4n) is 2.86. The predicted octanol–water partition coefficient (Wildman–Crippen LogP) is 2.93. The fraction of sp³-hybridized carbons (Fsp3) is 0.625. The maximum Gasteiger partial charge on any atom is 0.0398 e. The normalized spacial score (nSPS) is 16.8. The Kier molecular flexibility index (Phi) is 4.65. The Labute approximate surface area is 111 Å². The average molecular weight is 246 g/mol. The first kappa shape index (κ1) is 13.4. The van der Waals surface area contributed by atoms with Gasteiger partial charge < -0.3 is 10.2 Å². The van der Waals surface area contributed by atoms with Crippen LogP contribution in [0.15, 0.2) is 24.3 Å². The largest absolute Gasteiger partial charge is 0.371 e. The van der Waals surface area contributed by atoms with Crippen molar-refractivity contribution in [1.29, 1.82) is 0 Å². The van der Waals surface area contributed by atoms with Crippen LogP contribution in [0.25, 0.3) is 0 Å². The lowest BCUT2D eigenvalue weighted by molar-refractivity contribution is 0.369. The molecule has 2 nitrogen and oxygen atoms in total. The smallest absolute Gasteiger partial charge is 0.0398 e. The molecule has 1 unspecified atom stereocenters. The second-order valence-electron chi connectivity index (χ2n) is 5.74. The van der Waals surface area contributed by atoms with Crippen LogP contribution in [0, 0.1) is 11.8 Å². The summed E-state index contributed by atoms with van der Waals surface area (Å²) in [6, 6.07) is 8.89. The van der Waals surface area contributed by atoms with Gasteiger partial charge in [0.15, 0.2) is 0 Å². The molecule has 1 N–H and O–H groups in total. The minimum Gasteiger partial charge on any atom is -0.371 e. The molecule has 1 heterocycles. The highest BCUT2D eigenvalue weighted by Crippen LogP contribution is 2.28. The van der Waals surface area contributed by atoms with Crippen LogP contribution in [0.5, 0.6) is 0 Å². The summed E-state index contributed by atoms with van der Waals surface area (Å²) in [6.07, 6.45) is 2.53. The van der Waals surface area contributed by atoms with Gasteiger partial charge in [0.2, 0.25) is 0 Å². The summed E-state index contributed by atoms with van der Waals surface area (Å²) in [7, 11) is 2.06. The quantitative estimate of drug-likeness (QED) is 0.859. The molecule has 1 aromatic rings. The zero-order valence-electron chi connectivity index (χ0n) is 11.9. The van der Waals surface area contributed by atoms with Crippen LogP contribution in [0.3, 0.4) is 0 Å². The summed E-state index contributed by atoms with van der Waals surface area (Å²) in [4.78, 5) is 2.58. The van der Waals surface area contributed by atoms with E-state index < -0.39 is 0 Å². The second-order valence-corrected chi connectivity index (χ2v) is 5.74. The van der Waals surface area contributed by atoms with Crippen LogP contribution in [0.2, 0.25) is 0 Å². The molecular weight excluding hydrogens is 220 g/mol. The maximum atomic E-state index is 3.34. The van der Waals surface area contributed by atoms with Crippen LogP contribution in [0.1, 0.15) is 25.8 Å². The number of anilines is 1. The van der Waals surface area contributed by atoms with Crippen LogP contribution in [-0.2, 0) is 6.42 Å². The lowest BCUT2D eigenvalue weighted by Crippen LogP contribution is -2.39. The first-order chi connectivity index (χ1) is 8.72. The van der Waals surface area contributed by atoms with Crippen molar-refractivity contribution in [2.75, 3.05) is 31.6 Å². The highest BCUT2D eigenvalue weighted by atomic mass is 15.1. The van der Waals surface area contributed by atoms with Crippen LogP contribution < -0.4 is 10.2 Å². The van der Waals surface area contributed by atoms with E-state index in [2.05, 4.69) is 55.4 Å². The summed E-state index contributed by atoms with van der Waals surface area (Å²) in [5.41, 5.74) is 2.99. The van der Waals surface area contributed by atoms with E-state index >= 15 is 0 Å². The molecule has 0 aliphatic carbocycles. The Morgan fingerprint density at radius 3 is 2.78 bits per heavy atom. The maximum absolute atomic E-state index is 3.34. The summed E-state index contributed by atoms with van der Waals surface area (Å²) in [5.74, 6) is 1.45. The van der Waals surface area contributed by atoms with E-state index in [1.165, 1.54) is 37.2 Å². The fourth-order valence-corrected chi connectivity index (χ4v) is 2.86.